The first-order chi connectivity index (χ1) is 12.3. The Morgan fingerprint density at radius 1 is 0.889 bits per heavy atom. The summed E-state index contributed by atoms with van der Waals surface area (Å²) >= 11 is 0. The van der Waals surface area contributed by atoms with Crippen LogP contribution in [0.3, 0.4) is 0 Å². The summed E-state index contributed by atoms with van der Waals surface area (Å²) in [7, 11) is -7.99. The van der Waals surface area contributed by atoms with Crippen LogP contribution in [0, 0.1) is 0 Å². The standard InChI is InChI=1S/C16H16F3NO5S2/c1-26(22,23)13-7-9-14(10-8-13)27(24,25)20-11-15(21,16(17,18)19)12-5-3-2-4-6-12/h2-10,20-21H,11H2,1H3. The summed E-state index contributed by atoms with van der Waals surface area (Å²) in [5, 5.41) is 10.1. The second-order valence-corrected chi connectivity index (χ2v) is 9.57. The SMILES string of the molecule is CS(=O)(=O)c1ccc(S(=O)(=O)NCC(O)(c2ccccc2)C(F)(F)F)cc1. The first-order valence-corrected chi connectivity index (χ1v) is 10.8. The van der Waals surface area contributed by atoms with Crippen LogP contribution < -0.4 is 4.72 Å². The first-order valence-electron chi connectivity index (χ1n) is 7.42. The molecule has 148 valence electrons. The van der Waals surface area contributed by atoms with Gasteiger partial charge < -0.3 is 5.11 Å². The number of halogens is 3. The number of hydrogen-bond donors (Lipinski definition) is 2. The van der Waals surface area contributed by atoms with Crippen LogP contribution in [0.1, 0.15) is 5.56 Å². The molecule has 0 aromatic heterocycles. The van der Waals surface area contributed by atoms with Crippen molar-refractivity contribution in [3.63, 3.8) is 0 Å². The summed E-state index contributed by atoms with van der Waals surface area (Å²) in [5.41, 5.74) is -3.96. The monoisotopic (exact) mass is 423 g/mol. The lowest BCUT2D eigenvalue weighted by molar-refractivity contribution is -0.263. The first kappa shape index (κ1) is 21.4. The number of alkyl halides is 3. The zero-order valence-corrected chi connectivity index (χ0v) is 15.6. The van der Waals surface area contributed by atoms with Crippen LogP contribution in [0.5, 0.6) is 0 Å². The van der Waals surface area contributed by atoms with Crippen molar-refractivity contribution in [2.24, 2.45) is 0 Å². The number of aliphatic hydroxyl groups is 1. The van der Waals surface area contributed by atoms with Gasteiger partial charge in [-0.25, -0.2) is 21.6 Å². The molecular formula is C16H16F3NO5S2. The van der Waals surface area contributed by atoms with Gasteiger partial charge in [-0.2, -0.15) is 13.2 Å². The van der Waals surface area contributed by atoms with Gasteiger partial charge in [0.2, 0.25) is 10.0 Å². The van der Waals surface area contributed by atoms with E-state index in [9.17, 15) is 35.1 Å². The summed E-state index contributed by atoms with van der Waals surface area (Å²) in [6, 6.07) is 10.0. The van der Waals surface area contributed by atoms with Crippen LogP contribution in [-0.2, 0) is 25.5 Å². The maximum Gasteiger partial charge on any atom is 0.422 e. The van der Waals surface area contributed by atoms with Crippen molar-refractivity contribution in [3.05, 3.63) is 60.2 Å². The molecule has 0 radical (unpaired) electrons. The van der Waals surface area contributed by atoms with E-state index in [1.165, 1.54) is 18.2 Å². The van der Waals surface area contributed by atoms with Crippen molar-refractivity contribution in [1.29, 1.82) is 0 Å². The zero-order chi connectivity index (χ0) is 20.5. The largest absolute Gasteiger partial charge is 0.422 e. The van der Waals surface area contributed by atoms with Crippen molar-refractivity contribution in [3.8, 4) is 0 Å². The minimum Gasteiger partial charge on any atom is -0.375 e. The predicted octanol–water partition coefficient (Wildman–Crippen LogP) is 1.82. The van der Waals surface area contributed by atoms with Gasteiger partial charge >= 0.3 is 6.18 Å². The van der Waals surface area contributed by atoms with Crippen molar-refractivity contribution in [1.82, 2.24) is 4.72 Å². The highest BCUT2D eigenvalue weighted by molar-refractivity contribution is 7.90. The molecule has 0 saturated carbocycles. The Bertz CT molecular complexity index is 1000. The van der Waals surface area contributed by atoms with E-state index in [0.717, 1.165) is 42.7 Å². The van der Waals surface area contributed by atoms with Gasteiger partial charge in [0, 0.05) is 6.26 Å². The maximum atomic E-state index is 13.4. The van der Waals surface area contributed by atoms with E-state index < -0.39 is 48.6 Å². The molecule has 2 aromatic carbocycles. The Balaban J connectivity index is 2.31. The van der Waals surface area contributed by atoms with Gasteiger partial charge in [-0.1, -0.05) is 30.3 Å². The van der Waals surface area contributed by atoms with Gasteiger partial charge in [0.15, 0.2) is 15.4 Å². The van der Waals surface area contributed by atoms with Crippen LogP contribution in [0.4, 0.5) is 13.2 Å². The minimum atomic E-state index is -5.14. The number of sulfone groups is 1. The summed E-state index contributed by atoms with van der Waals surface area (Å²) in [5.74, 6) is 0. The maximum absolute atomic E-state index is 13.4. The highest BCUT2D eigenvalue weighted by Gasteiger charge is 2.55. The fraction of sp³-hybridized carbons (Fsp3) is 0.250. The van der Waals surface area contributed by atoms with Gasteiger partial charge in [0.05, 0.1) is 16.3 Å². The molecule has 6 nitrogen and oxygen atoms in total. The molecule has 0 bridgehead atoms. The molecule has 11 heteroatoms. The highest BCUT2D eigenvalue weighted by Crippen LogP contribution is 2.38. The third-order valence-corrected chi connectivity index (χ3v) is 6.35. The van der Waals surface area contributed by atoms with E-state index in [2.05, 4.69) is 0 Å². The van der Waals surface area contributed by atoms with Crippen LogP contribution in [0.25, 0.3) is 0 Å². The van der Waals surface area contributed by atoms with Gasteiger partial charge in [-0.15, -0.1) is 0 Å². The summed E-state index contributed by atoms with van der Waals surface area (Å²) < 4.78 is 89.2. The molecule has 0 aliphatic rings. The average Bonchev–Trinajstić information content (AvgIpc) is 2.59. The fourth-order valence-corrected chi connectivity index (χ4v) is 3.92. The van der Waals surface area contributed by atoms with Gasteiger partial charge in [0.25, 0.3) is 0 Å². The van der Waals surface area contributed by atoms with Crippen molar-refractivity contribution >= 4 is 19.9 Å². The summed E-state index contributed by atoms with van der Waals surface area (Å²) in [6.45, 7) is -1.35. The summed E-state index contributed by atoms with van der Waals surface area (Å²) in [6.07, 6.45) is -4.21. The lowest BCUT2D eigenvalue weighted by Crippen LogP contribution is -2.51. The molecule has 0 amide bonds. The number of nitrogens with one attached hydrogen (secondary N) is 1. The summed E-state index contributed by atoms with van der Waals surface area (Å²) in [4.78, 5) is -0.579. The highest BCUT2D eigenvalue weighted by atomic mass is 32.2. The Morgan fingerprint density at radius 2 is 1.37 bits per heavy atom. The number of sulfonamides is 1. The van der Waals surface area contributed by atoms with Crippen molar-refractivity contribution in [2.75, 3.05) is 12.8 Å². The lowest BCUT2D eigenvalue weighted by atomic mass is 9.93. The lowest BCUT2D eigenvalue weighted by Gasteiger charge is -2.31. The van der Waals surface area contributed by atoms with E-state index in [4.69, 9.17) is 0 Å². The van der Waals surface area contributed by atoms with Gasteiger partial charge in [-0.3, -0.25) is 0 Å². The zero-order valence-electron chi connectivity index (χ0n) is 13.9. The Morgan fingerprint density at radius 3 is 1.81 bits per heavy atom. The van der Waals surface area contributed by atoms with Gasteiger partial charge in [0.1, 0.15) is 0 Å². The Labute approximate surface area is 154 Å². The number of benzene rings is 2. The molecular weight excluding hydrogens is 407 g/mol. The van der Waals surface area contributed by atoms with Gasteiger partial charge in [-0.05, 0) is 29.8 Å². The molecule has 1 unspecified atom stereocenters. The molecule has 0 saturated heterocycles. The molecule has 2 rings (SSSR count). The Kier molecular flexibility index (Phi) is 5.71. The van der Waals surface area contributed by atoms with E-state index in [0.29, 0.717) is 0 Å². The molecule has 2 aromatic rings. The third-order valence-electron chi connectivity index (χ3n) is 3.80. The van der Waals surface area contributed by atoms with E-state index in [1.54, 1.807) is 4.72 Å². The molecule has 0 fully saturated rings. The smallest absolute Gasteiger partial charge is 0.375 e. The minimum absolute atomic E-state index is 0.141. The topological polar surface area (TPSA) is 101 Å². The molecule has 0 aliphatic heterocycles. The number of rotatable bonds is 6. The van der Waals surface area contributed by atoms with Crippen molar-refractivity contribution < 1.29 is 35.1 Å². The second kappa shape index (κ2) is 7.23. The normalized spacial score (nSPS) is 15.3. The third kappa shape index (κ3) is 4.67. The Hall–Kier alpha value is -1.95. The van der Waals surface area contributed by atoms with Crippen molar-refractivity contribution in [2.45, 2.75) is 21.6 Å². The van der Waals surface area contributed by atoms with Crippen LogP contribution in [0.2, 0.25) is 0 Å². The molecule has 2 N–H and O–H groups in total. The molecule has 1 atom stereocenters. The molecule has 0 spiro atoms. The number of hydrogen-bond acceptors (Lipinski definition) is 5. The van der Waals surface area contributed by atoms with E-state index in [-0.39, 0.29) is 4.90 Å². The van der Waals surface area contributed by atoms with Crippen LogP contribution >= 0.6 is 0 Å². The second-order valence-electron chi connectivity index (χ2n) is 5.79. The average molecular weight is 423 g/mol. The van der Waals surface area contributed by atoms with Crippen LogP contribution in [-0.4, -0.2) is 40.9 Å². The van der Waals surface area contributed by atoms with Crippen LogP contribution in [0.15, 0.2) is 64.4 Å². The predicted molar refractivity (Wildman–Crippen MR) is 91.1 cm³/mol. The van der Waals surface area contributed by atoms with E-state index in [1.807, 2.05) is 0 Å². The molecule has 27 heavy (non-hydrogen) atoms. The fourth-order valence-electron chi connectivity index (χ4n) is 2.23. The molecule has 0 aliphatic carbocycles. The quantitative estimate of drug-likeness (QED) is 0.738. The van der Waals surface area contributed by atoms with E-state index >= 15 is 0 Å². The molecule has 0 heterocycles.